The number of amides is 1. The summed E-state index contributed by atoms with van der Waals surface area (Å²) in [6, 6.07) is 17.3. The quantitative estimate of drug-likeness (QED) is 0.232. The van der Waals surface area contributed by atoms with Gasteiger partial charge in [-0.2, -0.15) is 5.26 Å². The molecule has 1 amide bonds. The van der Waals surface area contributed by atoms with E-state index in [2.05, 4.69) is 26.7 Å². The number of carbonyl (C=O) groups is 1. The first-order valence-corrected chi connectivity index (χ1v) is 13.2. The van der Waals surface area contributed by atoms with Crippen LogP contribution in [0.3, 0.4) is 0 Å². The van der Waals surface area contributed by atoms with Crippen LogP contribution in [0.15, 0.2) is 60.9 Å². The number of aromatic nitrogens is 2. The minimum Gasteiger partial charge on any atom is -0.492 e. The van der Waals surface area contributed by atoms with Crippen molar-refractivity contribution in [2.45, 2.75) is 33.3 Å². The molecule has 2 N–H and O–H groups in total. The van der Waals surface area contributed by atoms with Gasteiger partial charge in [0.2, 0.25) is 5.91 Å². The van der Waals surface area contributed by atoms with Crippen LogP contribution in [0, 0.1) is 18.3 Å². The summed E-state index contributed by atoms with van der Waals surface area (Å²) in [6.45, 7) is 5.48. The second-order valence-electron chi connectivity index (χ2n) is 9.63. The van der Waals surface area contributed by atoms with E-state index in [1.54, 1.807) is 12.3 Å². The number of nitrogens with zero attached hydrogens (tertiary/aromatic N) is 4. The third-order valence-electron chi connectivity index (χ3n) is 6.22. The lowest BCUT2D eigenvalue weighted by Gasteiger charge is -2.17. The number of nitrogens with one attached hydrogen (secondary N) is 2. The SMILES string of the molecule is CCOc1cc2ncc(C#N)c(Nc3ccc(OCc4ccccn4)c(C)c3)c2cc1NC(=O)CCCN(C)C. The van der Waals surface area contributed by atoms with Gasteiger partial charge in [-0.1, -0.05) is 6.07 Å². The lowest BCUT2D eigenvalue weighted by molar-refractivity contribution is -0.116. The van der Waals surface area contributed by atoms with Crippen LogP contribution in [-0.2, 0) is 11.4 Å². The zero-order valence-corrected chi connectivity index (χ0v) is 23.3. The van der Waals surface area contributed by atoms with Crippen molar-refractivity contribution in [3.8, 4) is 17.6 Å². The maximum atomic E-state index is 12.7. The fraction of sp³-hybridized carbons (Fsp3) is 0.290. The summed E-state index contributed by atoms with van der Waals surface area (Å²) >= 11 is 0. The van der Waals surface area contributed by atoms with Gasteiger partial charge in [-0.05, 0) is 82.9 Å². The van der Waals surface area contributed by atoms with E-state index >= 15 is 0 Å². The van der Waals surface area contributed by atoms with Crippen LogP contribution in [0.5, 0.6) is 11.5 Å². The lowest BCUT2D eigenvalue weighted by Crippen LogP contribution is -2.17. The molecule has 0 bridgehead atoms. The summed E-state index contributed by atoms with van der Waals surface area (Å²) in [6.07, 6.45) is 4.41. The van der Waals surface area contributed by atoms with Gasteiger partial charge in [-0.3, -0.25) is 14.8 Å². The van der Waals surface area contributed by atoms with Gasteiger partial charge in [0.25, 0.3) is 0 Å². The summed E-state index contributed by atoms with van der Waals surface area (Å²) in [5, 5.41) is 17.0. The summed E-state index contributed by atoms with van der Waals surface area (Å²) in [5.74, 6) is 1.18. The first-order valence-electron chi connectivity index (χ1n) is 13.2. The minimum atomic E-state index is -0.0991. The highest BCUT2D eigenvalue weighted by atomic mass is 16.5. The molecular formula is C31H34N6O3. The highest BCUT2D eigenvalue weighted by molar-refractivity contribution is 6.02. The van der Waals surface area contributed by atoms with Crippen LogP contribution in [0.1, 0.15) is 36.6 Å². The van der Waals surface area contributed by atoms with E-state index in [-0.39, 0.29) is 5.91 Å². The fourth-order valence-corrected chi connectivity index (χ4v) is 4.25. The average Bonchev–Trinajstić information content (AvgIpc) is 2.94. The van der Waals surface area contributed by atoms with Crippen molar-refractivity contribution in [1.82, 2.24) is 14.9 Å². The Morgan fingerprint density at radius 2 is 1.93 bits per heavy atom. The Labute approximate surface area is 234 Å². The number of ether oxygens (including phenoxy) is 2. The van der Waals surface area contributed by atoms with Gasteiger partial charge in [-0.25, -0.2) is 0 Å². The van der Waals surface area contributed by atoms with Crippen LogP contribution in [0.25, 0.3) is 10.9 Å². The van der Waals surface area contributed by atoms with E-state index in [0.29, 0.717) is 53.2 Å². The number of anilines is 3. The Hall–Kier alpha value is -4.68. The minimum absolute atomic E-state index is 0.0991. The summed E-state index contributed by atoms with van der Waals surface area (Å²) < 4.78 is 11.8. The average molecular weight is 539 g/mol. The van der Waals surface area contributed by atoms with E-state index in [4.69, 9.17) is 9.47 Å². The van der Waals surface area contributed by atoms with Crippen LogP contribution in [0.4, 0.5) is 17.1 Å². The molecule has 0 aliphatic rings. The molecule has 0 radical (unpaired) electrons. The number of fused-ring (bicyclic) bond motifs is 1. The Balaban J connectivity index is 1.62. The van der Waals surface area contributed by atoms with E-state index in [1.165, 1.54) is 6.20 Å². The van der Waals surface area contributed by atoms with Crippen molar-refractivity contribution >= 4 is 33.9 Å². The van der Waals surface area contributed by atoms with E-state index in [1.807, 2.05) is 75.3 Å². The molecule has 0 aliphatic carbocycles. The molecule has 0 saturated heterocycles. The molecule has 0 unspecified atom stereocenters. The van der Waals surface area contributed by atoms with Crippen LogP contribution in [-0.4, -0.2) is 48.0 Å². The Morgan fingerprint density at radius 3 is 2.62 bits per heavy atom. The first-order chi connectivity index (χ1) is 19.4. The van der Waals surface area contributed by atoms with Gasteiger partial charge in [-0.15, -0.1) is 0 Å². The van der Waals surface area contributed by atoms with E-state index < -0.39 is 0 Å². The van der Waals surface area contributed by atoms with Crippen molar-refractivity contribution < 1.29 is 14.3 Å². The zero-order valence-electron chi connectivity index (χ0n) is 23.3. The van der Waals surface area contributed by atoms with Crippen LogP contribution < -0.4 is 20.1 Å². The van der Waals surface area contributed by atoms with Crippen molar-refractivity contribution in [1.29, 1.82) is 5.26 Å². The summed E-state index contributed by atoms with van der Waals surface area (Å²) in [5.41, 5.74) is 4.73. The molecule has 2 aromatic carbocycles. The van der Waals surface area contributed by atoms with E-state index in [9.17, 15) is 10.1 Å². The fourth-order valence-electron chi connectivity index (χ4n) is 4.25. The Kier molecular flexibility index (Phi) is 9.49. The van der Waals surface area contributed by atoms with Crippen molar-refractivity contribution in [3.63, 3.8) is 0 Å². The predicted octanol–water partition coefficient (Wildman–Crippen LogP) is 5.81. The third-order valence-corrected chi connectivity index (χ3v) is 6.22. The molecule has 4 aromatic rings. The molecule has 0 saturated carbocycles. The molecule has 0 fully saturated rings. The largest absolute Gasteiger partial charge is 0.492 e. The summed E-state index contributed by atoms with van der Waals surface area (Å²) in [4.78, 5) is 23.5. The highest BCUT2D eigenvalue weighted by Gasteiger charge is 2.16. The highest BCUT2D eigenvalue weighted by Crippen LogP contribution is 2.37. The molecule has 0 atom stereocenters. The maximum Gasteiger partial charge on any atom is 0.224 e. The lowest BCUT2D eigenvalue weighted by atomic mass is 10.1. The Bertz CT molecular complexity index is 1520. The molecule has 9 nitrogen and oxygen atoms in total. The molecule has 2 aromatic heterocycles. The monoisotopic (exact) mass is 538 g/mol. The van der Waals surface area contributed by atoms with Gasteiger partial charge in [0, 0.05) is 36.0 Å². The standard InChI is InChI=1S/C31H34N6O3/c1-5-39-29-17-26-25(16-27(29)36-30(38)10-8-14-37(3)4)31(22(18-32)19-34-26)35-23-11-12-28(21(2)15-23)40-20-24-9-6-7-13-33-24/h6-7,9,11-13,15-17,19H,5,8,10,14,20H2,1-4H3,(H,34,35)(H,36,38). The number of nitriles is 1. The predicted molar refractivity (Wildman–Crippen MR) is 157 cm³/mol. The molecule has 2 heterocycles. The Morgan fingerprint density at radius 1 is 1.07 bits per heavy atom. The number of aryl methyl sites for hydroxylation is 1. The van der Waals surface area contributed by atoms with Gasteiger partial charge >= 0.3 is 0 Å². The van der Waals surface area contributed by atoms with Gasteiger partial charge in [0.15, 0.2) is 0 Å². The first kappa shape index (κ1) is 28.3. The number of carbonyl (C=O) groups excluding carboxylic acids is 1. The molecule has 0 spiro atoms. The van der Waals surface area contributed by atoms with Crippen LogP contribution in [0.2, 0.25) is 0 Å². The maximum absolute atomic E-state index is 12.7. The molecule has 0 aliphatic heterocycles. The second kappa shape index (κ2) is 13.4. The zero-order chi connectivity index (χ0) is 28.5. The number of hydrogen-bond donors (Lipinski definition) is 2. The van der Waals surface area contributed by atoms with E-state index in [0.717, 1.165) is 35.7 Å². The molecule has 9 heteroatoms. The molecule has 40 heavy (non-hydrogen) atoms. The number of pyridine rings is 2. The van der Waals surface area contributed by atoms with Crippen molar-refractivity contribution in [2.24, 2.45) is 0 Å². The normalized spacial score (nSPS) is 10.8. The number of benzene rings is 2. The molecule has 206 valence electrons. The number of hydrogen-bond acceptors (Lipinski definition) is 8. The van der Waals surface area contributed by atoms with Crippen molar-refractivity contribution in [2.75, 3.05) is 37.9 Å². The topological polar surface area (TPSA) is 112 Å². The van der Waals surface area contributed by atoms with Crippen molar-refractivity contribution in [3.05, 3.63) is 77.7 Å². The van der Waals surface area contributed by atoms with Gasteiger partial charge < -0.3 is 25.0 Å². The second-order valence-corrected chi connectivity index (χ2v) is 9.63. The summed E-state index contributed by atoms with van der Waals surface area (Å²) in [7, 11) is 3.96. The molecular weight excluding hydrogens is 504 g/mol. The van der Waals surface area contributed by atoms with Crippen LogP contribution >= 0.6 is 0 Å². The smallest absolute Gasteiger partial charge is 0.224 e. The van der Waals surface area contributed by atoms with Gasteiger partial charge in [0.1, 0.15) is 24.2 Å². The third kappa shape index (κ3) is 7.24. The number of rotatable bonds is 12. The molecule has 4 rings (SSSR count). The van der Waals surface area contributed by atoms with Gasteiger partial charge in [0.05, 0.1) is 34.8 Å².